The van der Waals surface area contributed by atoms with Gasteiger partial charge in [0.15, 0.2) is 7.41 Å². The molecule has 0 aliphatic heterocycles. The Morgan fingerprint density at radius 1 is 0.706 bits per heavy atom. The highest BCUT2D eigenvalue weighted by atomic mass is 31.2. The quantitative estimate of drug-likeness (QED) is 0.160. The summed E-state index contributed by atoms with van der Waals surface area (Å²) >= 11 is 0. The van der Waals surface area contributed by atoms with Crippen LogP contribution in [-0.2, 0) is 6.54 Å². The molecule has 34 heavy (non-hydrogen) atoms. The summed E-state index contributed by atoms with van der Waals surface area (Å²) in [7, 11) is -2.19. The minimum absolute atomic E-state index is 0.124. The van der Waals surface area contributed by atoms with E-state index in [4.69, 9.17) is 0 Å². The zero-order chi connectivity index (χ0) is 23.8. The van der Waals surface area contributed by atoms with Crippen LogP contribution in [0.25, 0.3) is 0 Å². The topological polar surface area (TPSA) is 46.4 Å². The van der Waals surface area contributed by atoms with Crippen molar-refractivity contribution in [1.29, 1.82) is 0 Å². The molecular weight excluding hydrogens is 439 g/mol. The number of non-ortho nitro benzene ring substituents is 1. The van der Waals surface area contributed by atoms with E-state index in [-0.39, 0.29) is 10.6 Å². The maximum absolute atomic E-state index is 11.2. The first-order valence-corrected chi connectivity index (χ1v) is 13.4. The summed E-state index contributed by atoms with van der Waals surface area (Å²) in [6.07, 6.45) is 2.16. The van der Waals surface area contributed by atoms with Gasteiger partial charge >= 0.3 is 0 Å². The summed E-state index contributed by atoms with van der Waals surface area (Å²) in [5.41, 5.74) is 1.20. The van der Waals surface area contributed by atoms with Gasteiger partial charge in [-0.15, -0.1) is 0 Å². The molecule has 4 nitrogen and oxygen atoms in total. The molecule has 5 heteroatoms. The van der Waals surface area contributed by atoms with Crippen LogP contribution < -0.4 is 15.9 Å². The molecule has 0 fully saturated rings. The van der Waals surface area contributed by atoms with Crippen LogP contribution in [0.15, 0.2) is 115 Å². The number of nitro benzene ring substituents is 1. The number of unbranched alkanes of at least 4 members (excludes halogenated alkanes) is 1. The first kappa shape index (κ1) is 23.8. The van der Waals surface area contributed by atoms with Crippen LogP contribution in [-0.4, -0.2) is 16.1 Å². The largest absolute Gasteiger partial charge is 0.269 e. The van der Waals surface area contributed by atoms with Crippen molar-refractivity contribution >= 4 is 29.0 Å². The molecule has 0 aromatic heterocycles. The lowest BCUT2D eigenvalue weighted by molar-refractivity contribution is -0.384. The third-order valence-corrected chi connectivity index (χ3v) is 10.4. The molecule has 4 aromatic rings. The van der Waals surface area contributed by atoms with Crippen molar-refractivity contribution in [1.82, 2.24) is 4.67 Å². The number of hydrogen-bond donors (Lipinski definition) is 0. The molecule has 4 rings (SSSR count). The van der Waals surface area contributed by atoms with Crippen molar-refractivity contribution in [3.8, 4) is 0 Å². The first-order valence-electron chi connectivity index (χ1n) is 11.7. The zero-order valence-electron chi connectivity index (χ0n) is 19.5. The standard InChI is InChI=1S/C29H30N2O2P/c1-2-3-23-30(24-25-19-21-26(22-20-25)31(32)33)34(27-13-7-4-8-14-27,28-15-9-5-10-16-28)29-17-11-6-12-18-29/h4-22H,2-3,23-24H2,1H3/q+1. The highest BCUT2D eigenvalue weighted by Gasteiger charge is 2.51. The Kier molecular flexibility index (Phi) is 7.84. The minimum Gasteiger partial charge on any atom is -0.258 e. The third-order valence-electron chi connectivity index (χ3n) is 6.10. The molecule has 0 amide bonds. The van der Waals surface area contributed by atoms with Crippen LogP contribution in [0.3, 0.4) is 0 Å². The van der Waals surface area contributed by atoms with Gasteiger partial charge in [0, 0.05) is 18.7 Å². The fraction of sp³-hybridized carbons (Fsp3) is 0.172. The normalized spacial score (nSPS) is 11.5. The zero-order valence-corrected chi connectivity index (χ0v) is 20.4. The Bertz CT molecular complexity index is 1090. The molecule has 0 aliphatic carbocycles. The highest BCUT2D eigenvalue weighted by Crippen LogP contribution is 2.59. The number of rotatable bonds is 10. The van der Waals surface area contributed by atoms with E-state index in [9.17, 15) is 10.1 Å². The summed E-state index contributed by atoms with van der Waals surface area (Å²) in [5.74, 6) is 0. The molecule has 0 heterocycles. The third kappa shape index (κ3) is 4.94. The van der Waals surface area contributed by atoms with Gasteiger partial charge in [-0.1, -0.05) is 80.1 Å². The average molecular weight is 470 g/mol. The summed E-state index contributed by atoms with van der Waals surface area (Å²) in [6.45, 7) is 3.86. The Morgan fingerprint density at radius 3 is 1.53 bits per heavy atom. The lowest BCUT2D eigenvalue weighted by Gasteiger charge is -2.37. The van der Waals surface area contributed by atoms with E-state index in [1.165, 1.54) is 15.9 Å². The second-order valence-corrected chi connectivity index (χ2v) is 11.7. The number of benzene rings is 4. The Balaban J connectivity index is 1.93. The van der Waals surface area contributed by atoms with Crippen LogP contribution in [0.1, 0.15) is 25.3 Å². The van der Waals surface area contributed by atoms with Crippen LogP contribution in [0, 0.1) is 10.1 Å². The van der Waals surface area contributed by atoms with Gasteiger partial charge < -0.3 is 0 Å². The number of nitro groups is 1. The lowest BCUT2D eigenvalue weighted by atomic mass is 10.2. The first-order chi connectivity index (χ1) is 16.7. The monoisotopic (exact) mass is 469 g/mol. The second kappa shape index (κ2) is 11.2. The summed E-state index contributed by atoms with van der Waals surface area (Å²) in [4.78, 5) is 10.9. The van der Waals surface area contributed by atoms with Gasteiger partial charge in [-0.25, -0.2) is 0 Å². The van der Waals surface area contributed by atoms with E-state index in [0.29, 0.717) is 6.54 Å². The van der Waals surface area contributed by atoms with Gasteiger partial charge in [0.25, 0.3) is 5.69 Å². The van der Waals surface area contributed by atoms with Crippen molar-refractivity contribution in [3.63, 3.8) is 0 Å². The fourth-order valence-electron chi connectivity index (χ4n) is 4.48. The van der Waals surface area contributed by atoms with E-state index < -0.39 is 7.41 Å². The van der Waals surface area contributed by atoms with Gasteiger partial charge in [-0.05, 0) is 48.4 Å². The van der Waals surface area contributed by atoms with Gasteiger partial charge in [0.1, 0.15) is 15.9 Å². The molecule has 0 aliphatic rings. The van der Waals surface area contributed by atoms with E-state index in [0.717, 1.165) is 24.9 Å². The van der Waals surface area contributed by atoms with E-state index in [1.807, 2.05) is 12.1 Å². The molecule has 0 bridgehead atoms. The van der Waals surface area contributed by atoms with Crippen LogP contribution >= 0.6 is 7.41 Å². The SMILES string of the molecule is CCCCN(Cc1ccc([N+](=O)[O-])cc1)[P+](c1ccccc1)(c1ccccc1)c1ccccc1. The second-order valence-electron chi connectivity index (χ2n) is 8.31. The van der Waals surface area contributed by atoms with Crippen molar-refractivity contribution in [2.24, 2.45) is 0 Å². The molecular formula is C29H30N2O2P+. The van der Waals surface area contributed by atoms with Crippen LogP contribution in [0.5, 0.6) is 0 Å². The lowest BCUT2D eigenvalue weighted by Crippen LogP contribution is -2.43. The smallest absolute Gasteiger partial charge is 0.258 e. The molecule has 0 radical (unpaired) electrons. The van der Waals surface area contributed by atoms with E-state index in [2.05, 4.69) is 103 Å². The maximum atomic E-state index is 11.2. The van der Waals surface area contributed by atoms with Crippen molar-refractivity contribution in [3.05, 3.63) is 131 Å². The molecule has 0 saturated heterocycles. The van der Waals surface area contributed by atoms with E-state index in [1.54, 1.807) is 12.1 Å². The highest BCUT2D eigenvalue weighted by molar-refractivity contribution is 7.93. The number of hydrogen-bond acceptors (Lipinski definition) is 3. The van der Waals surface area contributed by atoms with Gasteiger partial charge in [0.05, 0.1) is 11.5 Å². The van der Waals surface area contributed by atoms with Crippen molar-refractivity contribution < 1.29 is 4.92 Å². The van der Waals surface area contributed by atoms with Crippen molar-refractivity contribution in [2.45, 2.75) is 26.3 Å². The molecule has 0 atom stereocenters. The summed E-state index contributed by atoms with van der Waals surface area (Å²) in [5, 5.41) is 15.1. The maximum Gasteiger partial charge on any atom is 0.269 e. The fourth-order valence-corrected chi connectivity index (χ4v) is 8.98. The predicted octanol–water partition coefficient (Wildman–Crippen LogP) is 6.11. The Hall–Kier alpha value is -3.33. The van der Waals surface area contributed by atoms with Crippen LogP contribution in [0.2, 0.25) is 0 Å². The van der Waals surface area contributed by atoms with Gasteiger partial charge in [0.2, 0.25) is 0 Å². The van der Waals surface area contributed by atoms with Crippen molar-refractivity contribution in [2.75, 3.05) is 6.54 Å². The number of nitrogens with zero attached hydrogens (tertiary/aromatic N) is 2. The van der Waals surface area contributed by atoms with Gasteiger partial charge in [-0.2, -0.15) is 4.67 Å². The Labute approximate surface area is 202 Å². The van der Waals surface area contributed by atoms with E-state index >= 15 is 0 Å². The van der Waals surface area contributed by atoms with Crippen LogP contribution in [0.4, 0.5) is 5.69 Å². The molecule has 0 unspecified atom stereocenters. The Morgan fingerprint density at radius 2 is 1.15 bits per heavy atom. The summed E-state index contributed by atoms with van der Waals surface area (Å²) in [6, 6.07) is 39.5. The predicted molar refractivity (Wildman–Crippen MR) is 144 cm³/mol. The van der Waals surface area contributed by atoms with Gasteiger partial charge in [-0.3, -0.25) is 10.1 Å². The molecule has 0 saturated carbocycles. The summed E-state index contributed by atoms with van der Waals surface area (Å²) < 4.78 is 2.64. The average Bonchev–Trinajstić information content (AvgIpc) is 2.90. The molecule has 0 spiro atoms. The minimum atomic E-state index is -2.19. The molecule has 4 aromatic carbocycles. The molecule has 172 valence electrons. The molecule has 0 N–H and O–H groups in total.